The van der Waals surface area contributed by atoms with Gasteiger partial charge >= 0.3 is 0 Å². The molecule has 1 saturated heterocycles. The smallest absolute Gasteiger partial charge is 0.0869 e. The lowest BCUT2D eigenvalue weighted by molar-refractivity contribution is -0.0227. The molecule has 0 bridgehead atoms. The summed E-state index contributed by atoms with van der Waals surface area (Å²) < 4.78 is 5.29. The van der Waals surface area contributed by atoms with Gasteiger partial charge in [-0.15, -0.1) is 0 Å². The van der Waals surface area contributed by atoms with Crippen molar-refractivity contribution >= 4 is 0 Å². The molecule has 0 aliphatic carbocycles. The predicted octanol–water partition coefficient (Wildman–Crippen LogP) is 0.458. The zero-order chi connectivity index (χ0) is 12.0. The van der Waals surface area contributed by atoms with E-state index in [1.165, 1.54) is 0 Å². The average Bonchev–Trinajstić information content (AvgIpc) is 2.27. The van der Waals surface area contributed by atoms with Gasteiger partial charge in [0.15, 0.2) is 0 Å². The van der Waals surface area contributed by atoms with Crippen molar-refractivity contribution in [2.24, 2.45) is 0 Å². The molecule has 0 spiro atoms. The van der Waals surface area contributed by atoms with Gasteiger partial charge in [-0.1, -0.05) is 6.92 Å². The van der Waals surface area contributed by atoms with Gasteiger partial charge in [-0.3, -0.25) is 4.90 Å². The molecule has 1 rings (SSSR count). The molecule has 0 aromatic carbocycles. The molecule has 0 saturated carbocycles. The molecule has 4 nitrogen and oxygen atoms in total. The maximum atomic E-state index is 10.3. The minimum absolute atomic E-state index is 0.469. The van der Waals surface area contributed by atoms with E-state index >= 15 is 0 Å². The second-order valence-electron chi connectivity index (χ2n) is 5.08. The summed E-state index contributed by atoms with van der Waals surface area (Å²) in [5, 5.41) is 13.6. The topological polar surface area (TPSA) is 44.7 Å². The van der Waals surface area contributed by atoms with Crippen LogP contribution in [0.2, 0.25) is 0 Å². The third-order valence-electron chi connectivity index (χ3n) is 3.11. The van der Waals surface area contributed by atoms with Crippen LogP contribution in [0.3, 0.4) is 0 Å². The number of nitrogens with one attached hydrogen (secondary N) is 1. The molecule has 16 heavy (non-hydrogen) atoms. The zero-order valence-corrected chi connectivity index (χ0v) is 10.8. The van der Waals surface area contributed by atoms with Gasteiger partial charge in [0.1, 0.15) is 0 Å². The molecule has 2 atom stereocenters. The van der Waals surface area contributed by atoms with E-state index in [-0.39, 0.29) is 0 Å². The molecule has 0 radical (unpaired) electrons. The zero-order valence-electron chi connectivity index (χ0n) is 10.8. The lowest BCUT2D eigenvalue weighted by Gasteiger charge is -2.34. The quantitative estimate of drug-likeness (QED) is 0.696. The van der Waals surface area contributed by atoms with Crippen LogP contribution in [-0.4, -0.2) is 61.0 Å². The van der Waals surface area contributed by atoms with Gasteiger partial charge in [0.2, 0.25) is 0 Å². The highest BCUT2D eigenvalue weighted by Gasteiger charge is 2.25. The van der Waals surface area contributed by atoms with Gasteiger partial charge in [0.25, 0.3) is 0 Å². The maximum absolute atomic E-state index is 10.3. The summed E-state index contributed by atoms with van der Waals surface area (Å²) in [4.78, 5) is 2.27. The standard InChI is InChI=1S/C12H26N2O2/c1-4-11(2)13-9-12(3,15)10-14-5-7-16-8-6-14/h11,13,15H,4-10H2,1-3H3. The van der Waals surface area contributed by atoms with Crippen LogP contribution < -0.4 is 5.32 Å². The highest BCUT2D eigenvalue weighted by atomic mass is 16.5. The summed E-state index contributed by atoms with van der Waals surface area (Å²) in [6.07, 6.45) is 1.09. The van der Waals surface area contributed by atoms with Crippen molar-refractivity contribution in [3.8, 4) is 0 Å². The Morgan fingerprint density at radius 2 is 2.06 bits per heavy atom. The summed E-state index contributed by atoms with van der Waals surface area (Å²) in [5.41, 5.74) is -0.652. The number of β-amino-alcohol motifs (C(OH)–C–C–N with tert-alkyl or cyclic N) is 1. The second-order valence-corrected chi connectivity index (χ2v) is 5.08. The summed E-state index contributed by atoms with van der Waals surface area (Å²) in [6.45, 7) is 11.0. The Bertz CT molecular complexity index is 191. The molecule has 2 unspecified atom stereocenters. The number of ether oxygens (including phenoxy) is 1. The predicted molar refractivity (Wildman–Crippen MR) is 65.6 cm³/mol. The van der Waals surface area contributed by atoms with Crippen molar-refractivity contribution in [3.05, 3.63) is 0 Å². The number of morpholine rings is 1. The fourth-order valence-electron chi connectivity index (χ4n) is 1.84. The normalized spacial score (nSPS) is 24.0. The highest BCUT2D eigenvalue weighted by molar-refractivity contribution is 4.82. The van der Waals surface area contributed by atoms with Crippen molar-refractivity contribution in [2.45, 2.75) is 38.8 Å². The largest absolute Gasteiger partial charge is 0.388 e. The summed E-state index contributed by atoms with van der Waals surface area (Å²) in [7, 11) is 0. The highest BCUT2D eigenvalue weighted by Crippen LogP contribution is 2.08. The monoisotopic (exact) mass is 230 g/mol. The Kier molecular flexibility index (Phi) is 5.69. The Hall–Kier alpha value is -0.160. The number of aliphatic hydroxyl groups is 1. The number of rotatable bonds is 6. The summed E-state index contributed by atoms with van der Waals surface area (Å²) in [5.74, 6) is 0. The van der Waals surface area contributed by atoms with Crippen molar-refractivity contribution in [1.29, 1.82) is 0 Å². The first kappa shape index (κ1) is 13.9. The fourth-order valence-corrected chi connectivity index (χ4v) is 1.84. The van der Waals surface area contributed by atoms with E-state index in [0.29, 0.717) is 12.6 Å². The van der Waals surface area contributed by atoms with Crippen LogP contribution in [0, 0.1) is 0 Å². The fraction of sp³-hybridized carbons (Fsp3) is 1.00. The summed E-state index contributed by atoms with van der Waals surface area (Å²) in [6, 6.07) is 0.469. The second kappa shape index (κ2) is 6.55. The van der Waals surface area contributed by atoms with Gasteiger partial charge in [-0.2, -0.15) is 0 Å². The van der Waals surface area contributed by atoms with E-state index in [1.807, 2.05) is 6.92 Å². The summed E-state index contributed by atoms with van der Waals surface area (Å²) >= 11 is 0. The average molecular weight is 230 g/mol. The molecular formula is C12H26N2O2. The van der Waals surface area contributed by atoms with Crippen LogP contribution in [-0.2, 0) is 4.74 Å². The van der Waals surface area contributed by atoms with E-state index in [1.54, 1.807) is 0 Å². The molecule has 96 valence electrons. The van der Waals surface area contributed by atoms with Crippen LogP contribution in [0.25, 0.3) is 0 Å². The first-order chi connectivity index (χ1) is 7.53. The van der Waals surface area contributed by atoms with E-state index in [4.69, 9.17) is 4.74 Å². The minimum atomic E-state index is -0.652. The lowest BCUT2D eigenvalue weighted by atomic mass is 10.1. The number of hydrogen-bond acceptors (Lipinski definition) is 4. The first-order valence-corrected chi connectivity index (χ1v) is 6.29. The van der Waals surface area contributed by atoms with Gasteiger partial charge in [0.05, 0.1) is 18.8 Å². The maximum Gasteiger partial charge on any atom is 0.0869 e. The third kappa shape index (κ3) is 5.25. The van der Waals surface area contributed by atoms with Crippen LogP contribution in [0.1, 0.15) is 27.2 Å². The molecule has 4 heteroatoms. The SMILES string of the molecule is CCC(C)NCC(C)(O)CN1CCOCC1. The molecule has 0 amide bonds. The van der Waals surface area contributed by atoms with Crippen LogP contribution in [0.4, 0.5) is 0 Å². The minimum Gasteiger partial charge on any atom is -0.388 e. The third-order valence-corrected chi connectivity index (χ3v) is 3.11. The van der Waals surface area contributed by atoms with Crippen LogP contribution in [0.5, 0.6) is 0 Å². The van der Waals surface area contributed by atoms with Gasteiger partial charge in [-0.05, 0) is 20.3 Å². The molecular weight excluding hydrogens is 204 g/mol. The molecule has 0 aromatic rings. The Labute approximate surface area is 99.0 Å². The Balaban J connectivity index is 2.26. The van der Waals surface area contributed by atoms with Crippen molar-refractivity contribution < 1.29 is 9.84 Å². The van der Waals surface area contributed by atoms with Crippen molar-refractivity contribution in [2.75, 3.05) is 39.4 Å². The van der Waals surface area contributed by atoms with Gasteiger partial charge < -0.3 is 15.2 Å². The Morgan fingerprint density at radius 1 is 1.44 bits per heavy atom. The van der Waals surface area contributed by atoms with Gasteiger partial charge in [0, 0.05) is 32.2 Å². The van der Waals surface area contributed by atoms with Gasteiger partial charge in [-0.25, -0.2) is 0 Å². The Morgan fingerprint density at radius 3 is 2.62 bits per heavy atom. The van der Waals surface area contributed by atoms with E-state index < -0.39 is 5.60 Å². The molecule has 1 aliphatic heterocycles. The molecule has 1 fully saturated rings. The molecule has 2 N–H and O–H groups in total. The van der Waals surface area contributed by atoms with Crippen molar-refractivity contribution in [3.63, 3.8) is 0 Å². The lowest BCUT2D eigenvalue weighted by Crippen LogP contribution is -2.51. The van der Waals surface area contributed by atoms with E-state index in [0.717, 1.165) is 39.3 Å². The molecule has 0 aromatic heterocycles. The molecule has 1 aliphatic rings. The van der Waals surface area contributed by atoms with E-state index in [9.17, 15) is 5.11 Å². The van der Waals surface area contributed by atoms with E-state index in [2.05, 4.69) is 24.1 Å². The number of nitrogens with zero attached hydrogens (tertiary/aromatic N) is 1. The van der Waals surface area contributed by atoms with Crippen molar-refractivity contribution in [1.82, 2.24) is 10.2 Å². The van der Waals surface area contributed by atoms with Crippen LogP contribution in [0.15, 0.2) is 0 Å². The first-order valence-electron chi connectivity index (χ1n) is 6.29. The number of hydrogen-bond donors (Lipinski definition) is 2. The molecule has 1 heterocycles. The van der Waals surface area contributed by atoms with Crippen LogP contribution >= 0.6 is 0 Å².